The molecule has 1 aromatic rings. The van der Waals surface area contributed by atoms with E-state index < -0.39 is 0 Å². The number of ether oxygens (including phenoxy) is 1. The minimum Gasteiger partial charge on any atom is -0.461 e. The summed E-state index contributed by atoms with van der Waals surface area (Å²) in [6.07, 6.45) is 0. The summed E-state index contributed by atoms with van der Waals surface area (Å²) >= 11 is 0. The highest BCUT2D eigenvalue weighted by Gasteiger charge is 1.99. The summed E-state index contributed by atoms with van der Waals surface area (Å²) in [6.45, 7) is 6.10. The van der Waals surface area contributed by atoms with Crippen LogP contribution in [0.1, 0.15) is 37.8 Å². The maximum atomic E-state index is 10.6. The van der Waals surface area contributed by atoms with Gasteiger partial charge < -0.3 is 4.74 Å². The van der Waals surface area contributed by atoms with Crippen LogP contribution in [0.5, 0.6) is 0 Å². The molecule has 0 N–H and O–H groups in total. The first kappa shape index (κ1) is 10.8. The Hall–Kier alpha value is -1.31. The van der Waals surface area contributed by atoms with E-state index in [1.54, 1.807) is 0 Å². The summed E-state index contributed by atoms with van der Waals surface area (Å²) in [5.41, 5.74) is 2.33. The van der Waals surface area contributed by atoms with E-state index in [1.165, 1.54) is 12.5 Å². The third-order valence-electron chi connectivity index (χ3n) is 2.09. The molecule has 0 radical (unpaired) electrons. The third kappa shape index (κ3) is 3.21. The Morgan fingerprint density at radius 2 is 1.86 bits per heavy atom. The van der Waals surface area contributed by atoms with Crippen molar-refractivity contribution in [3.8, 4) is 0 Å². The van der Waals surface area contributed by atoms with Crippen molar-refractivity contribution >= 4 is 5.97 Å². The lowest BCUT2D eigenvalue weighted by Crippen LogP contribution is -1.98. The van der Waals surface area contributed by atoms with Crippen LogP contribution in [-0.4, -0.2) is 5.97 Å². The number of rotatable bonds is 3. The predicted molar refractivity (Wildman–Crippen MR) is 56.0 cm³/mol. The van der Waals surface area contributed by atoms with Crippen LogP contribution in [0.3, 0.4) is 0 Å². The number of hydrogen-bond acceptors (Lipinski definition) is 2. The van der Waals surface area contributed by atoms with Crippen LogP contribution in [0.15, 0.2) is 24.3 Å². The number of hydrogen-bond donors (Lipinski definition) is 0. The molecule has 0 aliphatic heterocycles. The highest BCUT2D eigenvalue weighted by molar-refractivity contribution is 5.65. The lowest BCUT2D eigenvalue weighted by molar-refractivity contribution is -0.142. The quantitative estimate of drug-likeness (QED) is 0.688. The van der Waals surface area contributed by atoms with Crippen molar-refractivity contribution in [2.45, 2.75) is 33.3 Å². The Morgan fingerprint density at radius 3 is 2.29 bits per heavy atom. The van der Waals surface area contributed by atoms with Crippen molar-refractivity contribution in [3.05, 3.63) is 35.4 Å². The Balaban J connectivity index is 2.59. The topological polar surface area (TPSA) is 26.3 Å². The van der Waals surface area contributed by atoms with E-state index >= 15 is 0 Å². The fourth-order valence-corrected chi connectivity index (χ4v) is 1.18. The molecule has 76 valence electrons. The molecule has 1 rings (SSSR count). The second-order valence-electron chi connectivity index (χ2n) is 3.68. The van der Waals surface area contributed by atoms with E-state index in [4.69, 9.17) is 4.74 Å². The zero-order chi connectivity index (χ0) is 10.6. The first-order chi connectivity index (χ1) is 6.59. The molecule has 14 heavy (non-hydrogen) atoms. The lowest BCUT2D eigenvalue weighted by atomic mass is 10.0. The van der Waals surface area contributed by atoms with Gasteiger partial charge in [-0.3, -0.25) is 4.79 Å². The summed E-state index contributed by atoms with van der Waals surface area (Å²) in [5, 5.41) is 0. The van der Waals surface area contributed by atoms with Gasteiger partial charge in [-0.2, -0.15) is 0 Å². The summed E-state index contributed by atoms with van der Waals surface area (Å²) < 4.78 is 4.89. The van der Waals surface area contributed by atoms with Gasteiger partial charge in [0, 0.05) is 6.92 Å². The van der Waals surface area contributed by atoms with Gasteiger partial charge in [0.05, 0.1) is 0 Å². The monoisotopic (exact) mass is 192 g/mol. The molecule has 2 nitrogen and oxygen atoms in total. The summed E-state index contributed by atoms with van der Waals surface area (Å²) in [4.78, 5) is 10.6. The van der Waals surface area contributed by atoms with Gasteiger partial charge in [0.1, 0.15) is 6.61 Å². The molecule has 0 saturated carbocycles. The number of carbonyl (C=O) groups excluding carboxylic acids is 1. The van der Waals surface area contributed by atoms with Gasteiger partial charge >= 0.3 is 5.97 Å². The van der Waals surface area contributed by atoms with Crippen molar-refractivity contribution < 1.29 is 9.53 Å². The van der Waals surface area contributed by atoms with Gasteiger partial charge in [0.15, 0.2) is 0 Å². The van der Waals surface area contributed by atoms with E-state index in [9.17, 15) is 4.79 Å². The summed E-state index contributed by atoms with van der Waals surface area (Å²) in [6, 6.07) is 8.14. The minimum atomic E-state index is -0.238. The molecule has 0 bridgehead atoms. The second-order valence-corrected chi connectivity index (χ2v) is 3.68. The molecule has 0 heterocycles. The lowest BCUT2D eigenvalue weighted by Gasteiger charge is -2.06. The van der Waals surface area contributed by atoms with Crippen molar-refractivity contribution in [2.24, 2.45) is 0 Å². The summed E-state index contributed by atoms with van der Waals surface area (Å²) in [7, 11) is 0. The maximum Gasteiger partial charge on any atom is 0.302 e. The highest BCUT2D eigenvalue weighted by Crippen LogP contribution is 2.14. The minimum absolute atomic E-state index is 0.238. The fraction of sp³-hybridized carbons (Fsp3) is 0.417. The molecule has 0 aliphatic rings. The Bertz CT molecular complexity index is 299. The molecule has 2 heteroatoms. The number of esters is 1. The van der Waals surface area contributed by atoms with Crippen LogP contribution in [-0.2, 0) is 16.1 Å². The first-order valence-electron chi connectivity index (χ1n) is 4.82. The molecule has 0 spiro atoms. The van der Waals surface area contributed by atoms with Crippen LogP contribution in [0.4, 0.5) is 0 Å². The Kier molecular flexibility index (Phi) is 3.69. The van der Waals surface area contributed by atoms with Gasteiger partial charge in [0.2, 0.25) is 0 Å². The number of benzene rings is 1. The SMILES string of the molecule is CC(=O)OCc1ccc(C(C)C)cc1. The second kappa shape index (κ2) is 4.80. The van der Waals surface area contributed by atoms with Crippen LogP contribution in [0.25, 0.3) is 0 Å². The van der Waals surface area contributed by atoms with Crippen LogP contribution in [0.2, 0.25) is 0 Å². The van der Waals surface area contributed by atoms with Gasteiger partial charge in [-0.25, -0.2) is 0 Å². The largest absolute Gasteiger partial charge is 0.461 e. The summed E-state index contributed by atoms with van der Waals surface area (Å²) in [5.74, 6) is 0.302. The molecule has 0 unspecified atom stereocenters. The van der Waals surface area contributed by atoms with Gasteiger partial charge in [-0.05, 0) is 17.0 Å². The smallest absolute Gasteiger partial charge is 0.302 e. The molecular weight excluding hydrogens is 176 g/mol. The zero-order valence-corrected chi connectivity index (χ0v) is 8.91. The number of carbonyl (C=O) groups is 1. The predicted octanol–water partition coefficient (Wildman–Crippen LogP) is 2.87. The molecule has 0 atom stereocenters. The first-order valence-corrected chi connectivity index (χ1v) is 4.82. The van der Waals surface area contributed by atoms with Crippen LogP contribution < -0.4 is 0 Å². The van der Waals surface area contributed by atoms with Gasteiger partial charge in [-0.1, -0.05) is 38.1 Å². The molecule has 0 saturated heterocycles. The van der Waals surface area contributed by atoms with Gasteiger partial charge in [0.25, 0.3) is 0 Å². The average Bonchev–Trinajstić information content (AvgIpc) is 2.15. The molecule has 1 aromatic carbocycles. The normalized spacial score (nSPS) is 10.3. The Morgan fingerprint density at radius 1 is 1.29 bits per heavy atom. The molecule has 0 aliphatic carbocycles. The van der Waals surface area contributed by atoms with E-state index in [-0.39, 0.29) is 5.97 Å². The van der Waals surface area contributed by atoms with Gasteiger partial charge in [-0.15, -0.1) is 0 Å². The van der Waals surface area contributed by atoms with Crippen LogP contribution >= 0.6 is 0 Å². The molecule has 0 fully saturated rings. The molecule has 0 aromatic heterocycles. The van der Waals surface area contributed by atoms with Crippen molar-refractivity contribution in [3.63, 3.8) is 0 Å². The zero-order valence-electron chi connectivity index (χ0n) is 8.91. The average molecular weight is 192 g/mol. The van der Waals surface area contributed by atoms with E-state index in [1.807, 2.05) is 12.1 Å². The Labute approximate surface area is 84.9 Å². The van der Waals surface area contributed by atoms with Crippen molar-refractivity contribution in [1.82, 2.24) is 0 Å². The molecule has 0 amide bonds. The highest BCUT2D eigenvalue weighted by atomic mass is 16.5. The van der Waals surface area contributed by atoms with Crippen molar-refractivity contribution in [2.75, 3.05) is 0 Å². The van der Waals surface area contributed by atoms with E-state index in [0.717, 1.165) is 5.56 Å². The standard InChI is InChI=1S/C12H16O2/c1-9(2)12-6-4-11(5-7-12)8-14-10(3)13/h4-7,9H,8H2,1-3H3. The van der Waals surface area contributed by atoms with E-state index in [0.29, 0.717) is 12.5 Å². The third-order valence-corrected chi connectivity index (χ3v) is 2.09. The molecular formula is C12H16O2. The van der Waals surface area contributed by atoms with E-state index in [2.05, 4.69) is 26.0 Å². The fourth-order valence-electron chi connectivity index (χ4n) is 1.18. The van der Waals surface area contributed by atoms with Crippen LogP contribution in [0, 0.1) is 0 Å². The van der Waals surface area contributed by atoms with Crippen molar-refractivity contribution in [1.29, 1.82) is 0 Å². The maximum absolute atomic E-state index is 10.6.